The molecule has 6 nitrogen and oxygen atoms in total. The highest BCUT2D eigenvalue weighted by Gasteiger charge is 2.00. The molecule has 2 aromatic carbocycles. The molecule has 0 saturated heterocycles. The summed E-state index contributed by atoms with van der Waals surface area (Å²) in [7, 11) is 0. The zero-order valence-electron chi connectivity index (χ0n) is 15.6. The second-order valence-corrected chi connectivity index (χ2v) is 6.41. The molecule has 6 heteroatoms. The number of nitrogens with zero attached hydrogens (tertiary/aromatic N) is 2. The number of imidazole rings is 1. The Balaban J connectivity index is 1.47. The summed E-state index contributed by atoms with van der Waals surface area (Å²) in [6.45, 7) is 2.71. The Morgan fingerprint density at radius 2 is 1.75 bits per heavy atom. The highest BCUT2D eigenvalue weighted by molar-refractivity contribution is 5.92. The molecule has 0 aliphatic carbocycles. The van der Waals surface area contributed by atoms with E-state index >= 15 is 0 Å². The number of aromatic nitrogens is 2. The average Bonchev–Trinajstić information content (AvgIpc) is 3.19. The lowest BCUT2D eigenvalue weighted by atomic mass is 10.1. The van der Waals surface area contributed by atoms with E-state index in [2.05, 4.69) is 15.6 Å². The van der Waals surface area contributed by atoms with E-state index in [1.54, 1.807) is 30.7 Å². The van der Waals surface area contributed by atoms with Crippen molar-refractivity contribution in [2.24, 2.45) is 0 Å². The number of carbonyl (C=O) groups excluding carboxylic acids is 2. The Morgan fingerprint density at radius 3 is 2.39 bits per heavy atom. The van der Waals surface area contributed by atoms with Crippen LogP contribution in [0, 0.1) is 0 Å². The van der Waals surface area contributed by atoms with Crippen molar-refractivity contribution >= 4 is 23.6 Å². The highest BCUT2D eigenvalue weighted by atomic mass is 16.2. The molecule has 0 fully saturated rings. The molecule has 1 heterocycles. The van der Waals surface area contributed by atoms with Crippen LogP contribution in [-0.4, -0.2) is 21.4 Å². The van der Waals surface area contributed by atoms with Crippen molar-refractivity contribution in [2.75, 3.05) is 5.32 Å². The summed E-state index contributed by atoms with van der Waals surface area (Å²) in [6.07, 6.45) is 8.71. The largest absolute Gasteiger partial charge is 0.348 e. The van der Waals surface area contributed by atoms with Crippen LogP contribution in [0.3, 0.4) is 0 Å². The molecule has 0 aliphatic heterocycles. The normalized spacial score (nSPS) is 10.8. The van der Waals surface area contributed by atoms with Crippen molar-refractivity contribution in [2.45, 2.75) is 20.0 Å². The molecule has 0 bridgehead atoms. The van der Waals surface area contributed by atoms with Crippen molar-refractivity contribution in [3.8, 4) is 0 Å². The number of anilines is 1. The van der Waals surface area contributed by atoms with Crippen molar-refractivity contribution < 1.29 is 9.59 Å². The molecule has 0 radical (unpaired) electrons. The number of rotatable bonds is 7. The van der Waals surface area contributed by atoms with E-state index in [1.807, 2.05) is 47.2 Å². The Labute approximate surface area is 163 Å². The van der Waals surface area contributed by atoms with Crippen LogP contribution in [0.25, 0.3) is 6.08 Å². The van der Waals surface area contributed by atoms with Gasteiger partial charge in [0.05, 0.1) is 6.33 Å². The van der Waals surface area contributed by atoms with Gasteiger partial charge in [-0.3, -0.25) is 9.59 Å². The fraction of sp³-hybridized carbons (Fsp3) is 0.136. The highest BCUT2D eigenvalue weighted by Crippen LogP contribution is 2.11. The Morgan fingerprint density at radius 1 is 1.04 bits per heavy atom. The van der Waals surface area contributed by atoms with Crippen molar-refractivity contribution in [1.82, 2.24) is 14.9 Å². The first-order valence-corrected chi connectivity index (χ1v) is 8.95. The number of hydrogen-bond donors (Lipinski definition) is 2. The van der Waals surface area contributed by atoms with Gasteiger partial charge in [0, 0.05) is 44.2 Å². The van der Waals surface area contributed by atoms with Gasteiger partial charge in [-0.05, 0) is 34.9 Å². The summed E-state index contributed by atoms with van der Waals surface area (Å²) in [4.78, 5) is 27.1. The second kappa shape index (κ2) is 9.32. The number of benzene rings is 2. The van der Waals surface area contributed by atoms with Crippen molar-refractivity contribution in [3.63, 3.8) is 0 Å². The first-order valence-electron chi connectivity index (χ1n) is 8.95. The van der Waals surface area contributed by atoms with Crippen LogP contribution in [0.1, 0.15) is 23.6 Å². The zero-order valence-corrected chi connectivity index (χ0v) is 15.6. The lowest BCUT2D eigenvalue weighted by Gasteiger charge is -2.06. The molecular formula is C22H22N4O2. The van der Waals surface area contributed by atoms with Crippen LogP contribution in [0.15, 0.2) is 73.3 Å². The van der Waals surface area contributed by atoms with E-state index in [-0.39, 0.29) is 11.8 Å². The van der Waals surface area contributed by atoms with Crippen molar-refractivity contribution in [1.29, 1.82) is 0 Å². The minimum absolute atomic E-state index is 0.113. The zero-order chi connectivity index (χ0) is 19.8. The summed E-state index contributed by atoms with van der Waals surface area (Å²) >= 11 is 0. The van der Waals surface area contributed by atoms with Gasteiger partial charge in [-0.25, -0.2) is 4.98 Å². The SMILES string of the molecule is CC(=O)Nc1ccc(/C=C/C(=O)NCc2ccc(Cn3ccnc3)cc2)cc1. The smallest absolute Gasteiger partial charge is 0.244 e. The van der Waals surface area contributed by atoms with Gasteiger partial charge in [-0.2, -0.15) is 0 Å². The molecule has 3 aromatic rings. The van der Waals surface area contributed by atoms with Gasteiger partial charge in [-0.1, -0.05) is 36.4 Å². The van der Waals surface area contributed by atoms with Gasteiger partial charge in [0.25, 0.3) is 0 Å². The Bertz CT molecular complexity index is 943. The standard InChI is InChI=1S/C22H22N4O2/c1-17(27)25-21-9-6-18(7-10-21)8-11-22(28)24-14-19-2-4-20(5-3-19)15-26-13-12-23-16-26/h2-13,16H,14-15H2,1H3,(H,24,28)(H,25,27)/b11-8+. The van der Waals surface area contributed by atoms with E-state index in [4.69, 9.17) is 0 Å². The average molecular weight is 374 g/mol. The van der Waals surface area contributed by atoms with Crippen LogP contribution < -0.4 is 10.6 Å². The van der Waals surface area contributed by atoms with Crippen LogP contribution in [0.4, 0.5) is 5.69 Å². The van der Waals surface area contributed by atoms with Gasteiger partial charge in [0.15, 0.2) is 0 Å². The number of nitrogens with one attached hydrogen (secondary N) is 2. The molecular weight excluding hydrogens is 352 g/mol. The second-order valence-electron chi connectivity index (χ2n) is 6.41. The first kappa shape index (κ1) is 19.1. The number of amides is 2. The molecule has 0 spiro atoms. The minimum atomic E-state index is -0.159. The third-order valence-corrected chi connectivity index (χ3v) is 4.07. The summed E-state index contributed by atoms with van der Waals surface area (Å²) in [6, 6.07) is 15.4. The Kier molecular flexibility index (Phi) is 6.36. The third-order valence-electron chi connectivity index (χ3n) is 4.07. The molecule has 1 aromatic heterocycles. The van der Waals surface area contributed by atoms with Crippen LogP contribution in [0.5, 0.6) is 0 Å². The quantitative estimate of drug-likeness (QED) is 0.624. The fourth-order valence-electron chi connectivity index (χ4n) is 2.65. The molecule has 142 valence electrons. The fourth-order valence-corrected chi connectivity index (χ4v) is 2.65. The van der Waals surface area contributed by atoms with Gasteiger partial charge < -0.3 is 15.2 Å². The number of carbonyl (C=O) groups is 2. The van der Waals surface area contributed by atoms with E-state index in [9.17, 15) is 9.59 Å². The Hall–Kier alpha value is -3.67. The molecule has 0 aliphatic rings. The van der Waals surface area contributed by atoms with Gasteiger partial charge in [0.2, 0.25) is 11.8 Å². The molecule has 28 heavy (non-hydrogen) atoms. The predicted octanol–water partition coefficient (Wildman–Crippen LogP) is 3.22. The van der Waals surface area contributed by atoms with Gasteiger partial charge in [0.1, 0.15) is 0 Å². The molecule has 2 amide bonds. The third kappa shape index (κ3) is 5.95. The lowest BCUT2D eigenvalue weighted by Crippen LogP contribution is -2.20. The summed E-state index contributed by atoms with van der Waals surface area (Å²) in [5, 5.41) is 5.58. The summed E-state index contributed by atoms with van der Waals surface area (Å²) < 4.78 is 2.00. The van der Waals surface area contributed by atoms with Gasteiger partial charge >= 0.3 is 0 Å². The summed E-state index contributed by atoms with van der Waals surface area (Å²) in [5.41, 5.74) is 3.82. The van der Waals surface area contributed by atoms with E-state index in [1.165, 1.54) is 18.6 Å². The van der Waals surface area contributed by atoms with Crippen LogP contribution >= 0.6 is 0 Å². The first-order chi connectivity index (χ1) is 13.6. The predicted molar refractivity (Wildman–Crippen MR) is 109 cm³/mol. The molecule has 2 N–H and O–H groups in total. The van der Waals surface area contributed by atoms with Crippen molar-refractivity contribution in [3.05, 3.63) is 90.0 Å². The van der Waals surface area contributed by atoms with E-state index in [0.717, 1.165) is 23.4 Å². The van der Waals surface area contributed by atoms with Gasteiger partial charge in [-0.15, -0.1) is 0 Å². The van der Waals surface area contributed by atoms with Crippen LogP contribution in [-0.2, 0) is 22.7 Å². The maximum absolute atomic E-state index is 12.0. The monoisotopic (exact) mass is 374 g/mol. The lowest BCUT2D eigenvalue weighted by molar-refractivity contribution is -0.116. The molecule has 0 saturated carbocycles. The number of hydrogen-bond acceptors (Lipinski definition) is 3. The maximum atomic E-state index is 12.0. The molecule has 3 rings (SSSR count). The maximum Gasteiger partial charge on any atom is 0.244 e. The topological polar surface area (TPSA) is 76.0 Å². The molecule has 0 atom stereocenters. The minimum Gasteiger partial charge on any atom is -0.348 e. The molecule has 0 unspecified atom stereocenters. The van der Waals surface area contributed by atoms with Crippen LogP contribution in [0.2, 0.25) is 0 Å². The van der Waals surface area contributed by atoms with E-state index in [0.29, 0.717) is 6.54 Å². The van der Waals surface area contributed by atoms with E-state index < -0.39 is 0 Å². The summed E-state index contributed by atoms with van der Waals surface area (Å²) in [5.74, 6) is -0.272.